The van der Waals surface area contributed by atoms with E-state index < -0.39 is 0 Å². The molecule has 5 nitrogen and oxygen atoms in total. The molecule has 2 heterocycles. The van der Waals surface area contributed by atoms with Crippen LogP contribution >= 0.6 is 11.8 Å². The van der Waals surface area contributed by atoms with Gasteiger partial charge in [-0.1, -0.05) is 72.4 Å². The number of carbonyl (C=O) groups excluding carboxylic acids is 1. The standard InChI is InChI=1S/C27H28N4OS/c32-26(30-19-17-29(18-20-30)23-11-5-2-6-12-23)21-33-27-28-24-13-7-8-14-25(24)31(27)16-15-22-9-3-1-4-10-22/h1-14H,15-21H2. The van der Waals surface area contributed by atoms with Gasteiger partial charge < -0.3 is 14.4 Å². The molecular formula is C27H28N4OS. The average Bonchev–Trinajstić information content (AvgIpc) is 3.24. The maximum Gasteiger partial charge on any atom is 0.233 e. The molecule has 0 aliphatic carbocycles. The topological polar surface area (TPSA) is 41.4 Å². The summed E-state index contributed by atoms with van der Waals surface area (Å²) in [5, 5.41) is 0.920. The molecule has 1 aromatic heterocycles. The molecule has 0 unspecified atom stereocenters. The van der Waals surface area contributed by atoms with Crippen LogP contribution in [0.15, 0.2) is 90.1 Å². The molecule has 1 amide bonds. The van der Waals surface area contributed by atoms with E-state index in [1.807, 2.05) is 29.2 Å². The van der Waals surface area contributed by atoms with Crippen molar-refractivity contribution in [2.45, 2.75) is 18.1 Å². The minimum absolute atomic E-state index is 0.189. The van der Waals surface area contributed by atoms with Crippen molar-refractivity contribution in [2.75, 3.05) is 36.8 Å². The molecule has 1 aliphatic rings. The molecule has 3 aromatic carbocycles. The van der Waals surface area contributed by atoms with Crippen LogP contribution in [-0.4, -0.2) is 52.3 Å². The summed E-state index contributed by atoms with van der Waals surface area (Å²) < 4.78 is 2.26. The lowest BCUT2D eigenvalue weighted by Crippen LogP contribution is -2.49. The summed E-state index contributed by atoms with van der Waals surface area (Å²) in [4.78, 5) is 22.1. The van der Waals surface area contributed by atoms with Crippen LogP contribution in [0.3, 0.4) is 0 Å². The molecule has 1 aliphatic heterocycles. The second-order valence-corrected chi connectivity index (χ2v) is 9.20. The highest BCUT2D eigenvalue weighted by Gasteiger charge is 2.22. The molecule has 0 N–H and O–H groups in total. The molecule has 6 heteroatoms. The van der Waals surface area contributed by atoms with Gasteiger partial charge in [-0.15, -0.1) is 0 Å². The minimum Gasteiger partial charge on any atom is -0.368 e. The Balaban J connectivity index is 1.22. The van der Waals surface area contributed by atoms with Crippen molar-refractivity contribution in [2.24, 2.45) is 0 Å². The van der Waals surface area contributed by atoms with E-state index in [1.54, 1.807) is 11.8 Å². The van der Waals surface area contributed by atoms with E-state index >= 15 is 0 Å². The number of nitrogens with zero attached hydrogens (tertiary/aromatic N) is 4. The maximum absolute atomic E-state index is 13.0. The highest BCUT2D eigenvalue weighted by atomic mass is 32.2. The van der Waals surface area contributed by atoms with Crippen LogP contribution in [0.25, 0.3) is 11.0 Å². The summed E-state index contributed by atoms with van der Waals surface area (Å²) in [5.74, 6) is 0.606. The molecule has 168 valence electrons. The molecule has 4 aromatic rings. The lowest BCUT2D eigenvalue weighted by Gasteiger charge is -2.36. The average molecular weight is 457 g/mol. The van der Waals surface area contributed by atoms with E-state index in [0.717, 1.165) is 55.3 Å². The number of hydrogen-bond donors (Lipinski definition) is 0. The summed E-state index contributed by atoms with van der Waals surface area (Å²) in [7, 11) is 0. The van der Waals surface area contributed by atoms with Crippen LogP contribution in [-0.2, 0) is 17.8 Å². The van der Waals surface area contributed by atoms with E-state index in [2.05, 4.69) is 70.1 Å². The van der Waals surface area contributed by atoms with Crippen molar-refractivity contribution in [1.29, 1.82) is 0 Å². The third-order valence-corrected chi connectivity index (χ3v) is 7.13. The SMILES string of the molecule is O=C(CSc1nc2ccccc2n1CCc1ccccc1)N1CCN(c2ccccc2)CC1. The molecule has 0 spiro atoms. The number of rotatable bonds is 7. The normalized spacial score (nSPS) is 14.1. The molecule has 1 fully saturated rings. The van der Waals surface area contributed by atoms with Gasteiger partial charge in [0.05, 0.1) is 16.8 Å². The molecule has 0 saturated carbocycles. The van der Waals surface area contributed by atoms with Crippen molar-refractivity contribution in [1.82, 2.24) is 14.5 Å². The Hall–Kier alpha value is -3.25. The Morgan fingerprint density at radius 2 is 1.48 bits per heavy atom. The van der Waals surface area contributed by atoms with Crippen molar-refractivity contribution < 1.29 is 4.79 Å². The maximum atomic E-state index is 13.0. The minimum atomic E-state index is 0.189. The van der Waals surface area contributed by atoms with Crippen LogP contribution in [0, 0.1) is 0 Å². The van der Waals surface area contributed by atoms with Crippen molar-refractivity contribution >= 4 is 34.4 Å². The lowest BCUT2D eigenvalue weighted by molar-refractivity contribution is -0.128. The highest BCUT2D eigenvalue weighted by Crippen LogP contribution is 2.25. The van der Waals surface area contributed by atoms with Crippen LogP contribution in [0.5, 0.6) is 0 Å². The number of benzene rings is 3. The van der Waals surface area contributed by atoms with Gasteiger partial charge in [-0.2, -0.15) is 0 Å². The summed E-state index contributed by atoms with van der Waals surface area (Å²) in [6.45, 7) is 4.11. The van der Waals surface area contributed by atoms with Gasteiger partial charge >= 0.3 is 0 Å². The zero-order chi connectivity index (χ0) is 22.5. The Kier molecular flexibility index (Phi) is 6.63. The second-order valence-electron chi connectivity index (χ2n) is 8.26. The molecule has 0 atom stereocenters. The monoisotopic (exact) mass is 456 g/mol. The number of amides is 1. The number of carbonyl (C=O) groups is 1. The second kappa shape index (κ2) is 10.1. The summed E-state index contributed by atoms with van der Waals surface area (Å²) in [6, 6.07) is 29.2. The predicted octanol–water partition coefficient (Wildman–Crippen LogP) is 4.72. The van der Waals surface area contributed by atoms with Gasteiger partial charge in [0, 0.05) is 38.4 Å². The van der Waals surface area contributed by atoms with Gasteiger partial charge in [0.15, 0.2) is 5.16 Å². The fourth-order valence-electron chi connectivity index (χ4n) is 4.34. The number of imidazole rings is 1. The molecule has 0 bridgehead atoms. The smallest absolute Gasteiger partial charge is 0.233 e. The molecule has 33 heavy (non-hydrogen) atoms. The van der Waals surface area contributed by atoms with Crippen molar-refractivity contribution in [3.8, 4) is 0 Å². The van der Waals surface area contributed by atoms with Gasteiger partial charge in [0.25, 0.3) is 0 Å². The Bertz CT molecular complexity index is 1200. The number of aromatic nitrogens is 2. The number of anilines is 1. The van der Waals surface area contributed by atoms with Crippen molar-refractivity contribution in [3.63, 3.8) is 0 Å². The first kappa shape index (κ1) is 21.6. The number of para-hydroxylation sites is 3. The van der Waals surface area contributed by atoms with E-state index in [-0.39, 0.29) is 5.91 Å². The van der Waals surface area contributed by atoms with Gasteiger partial charge in [-0.25, -0.2) is 4.98 Å². The first-order chi connectivity index (χ1) is 16.3. The van der Waals surface area contributed by atoms with Crippen LogP contribution in [0.4, 0.5) is 5.69 Å². The number of aryl methyl sites for hydroxylation is 2. The zero-order valence-corrected chi connectivity index (χ0v) is 19.5. The molecule has 1 saturated heterocycles. The van der Waals surface area contributed by atoms with Gasteiger partial charge in [0.2, 0.25) is 5.91 Å². The Morgan fingerprint density at radius 1 is 0.818 bits per heavy atom. The molecule has 0 radical (unpaired) electrons. The Morgan fingerprint density at radius 3 is 2.24 bits per heavy atom. The molecular weight excluding hydrogens is 428 g/mol. The highest BCUT2D eigenvalue weighted by molar-refractivity contribution is 7.99. The fraction of sp³-hybridized carbons (Fsp3) is 0.259. The molecule has 5 rings (SSSR count). The van der Waals surface area contributed by atoms with E-state index in [9.17, 15) is 4.79 Å². The third-order valence-electron chi connectivity index (χ3n) is 6.16. The Labute approximate surface area is 199 Å². The van der Waals surface area contributed by atoms with Crippen LogP contribution in [0.1, 0.15) is 5.56 Å². The summed E-state index contributed by atoms with van der Waals surface area (Å²) >= 11 is 1.55. The third kappa shape index (κ3) is 5.06. The van der Waals surface area contributed by atoms with E-state index in [4.69, 9.17) is 4.98 Å². The van der Waals surface area contributed by atoms with E-state index in [0.29, 0.717) is 5.75 Å². The van der Waals surface area contributed by atoms with E-state index in [1.165, 1.54) is 11.3 Å². The number of fused-ring (bicyclic) bond motifs is 1. The lowest BCUT2D eigenvalue weighted by atomic mass is 10.1. The number of hydrogen-bond acceptors (Lipinski definition) is 4. The summed E-state index contributed by atoms with van der Waals surface area (Å²) in [6.07, 6.45) is 0.935. The van der Waals surface area contributed by atoms with Gasteiger partial charge in [-0.3, -0.25) is 4.79 Å². The first-order valence-electron chi connectivity index (χ1n) is 11.5. The predicted molar refractivity (Wildman–Crippen MR) is 136 cm³/mol. The van der Waals surface area contributed by atoms with Crippen LogP contribution in [0.2, 0.25) is 0 Å². The summed E-state index contributed by atoms with van der Waals surface area (Å²) in [5.41, 5.74) is 4.64. The number of piperazine rings is 1. The fourth-order valence-corrected chi connectivity index (χ4v) is 5.28. The quantitative estimate of drug-likeness (QED) is 0.378. The van der Waals surface area contributed by atoms with Crippen LogP contribution < -0.4 is 4.90 Å². The largest absolute Gasteiger partial charge is 0.368 e. The zero-order valence-electron chi connectivity index (χ0n) is 18.6. The number of thioether (sulfide) groups is 1. The van der Waals surface area contributed by atoms with Gasteiger partial charge in [0.1, 0.15) is 0 Å². The van der Waals surface area contributed by atoms with Crippen molar-refractivity contribution in [3.05, 3.63) is 90.5 Å². The van der Waals surface area contributed by atoms with Gasteiger partial charge in [-0.05, 0) is 36.2 Å². The first-order valence-corrected chi connectivity index (χ1v) is 12.5.